The smallest absolute Gasteiger partial charge is 0.276 e. The highest BCUT2D eigenvalue weighted by Gasteiger charge is 2.30. The van der Waals surface area contributed by atoms with Gasteiger partial charge in [-0.1, -0.05) is 4.49 Å². The van der Waals surface area contributed by atoms with Crippen molar-refractivity contribution < 1.29 is 9.59 Å². The molecule has 0 spiro atoms. The largest absolute Gasteiger partial charge is 0.353 e. The molecule has 1 N–H and O–H groups in total. The second-order valence-electron chi connectivity index (χ2n) is 3.26. The lowest BCUT2D eigenvalue weighted by atomic mass is 10.2. The van der Waals surface area contributed by atoms with E-state index in [2.05, 4.69) is 14.9 Å². The first kappa shape index (κ1) is 10.0. The molecule has 0 saturated carbocycles. The van der Waals surface area contributed by atoms with E-state index in [1.807, 2.05) is 0 Å². The average molecular weight is 226 g/mol. The van der Waals surface area contributed by atoms with Gasteiger partial charge < -0.3 is 10.2 Å². The van der Waals surface area contributed by atoms with Crippen molar-refractivity contribution >= 4 is 23.3 Å². The number of rotatable bonds is 1. The predicted octanol–water partition coefficient (Wildman–Crippen LogP) is -0.501. The number of hydrogen-bond acceptors (Lipinski definition) is 5. The third-order valence-corrected chi connectivity index (χ3v) is 2.84. The van der Waals surface area contributed by atoms with E-state index in [9.17, 15) is 9.59 Å². The van der Waals surface area contributed by atoms with Crippen molar-refractivity contribution in [1.82, 2.24) is 19.8 Å². The Morgan fingerprint density at radius 2 is 2.53 bits per heavy atom. The molecule has 2 amide bonds. The van der Waals surface area contributed by atoms with Gasteiger partial charge in [-0.25, -0.2) is 0 Å². The Hall–Kier alpha value is -1.50. The average Bonchev–Trinajstić information content (AvgIpc) is 2.74. The summed E-state index contributed by atoms with van der Waals surface area (Å²) < 4.78 is 3.63. The zero-order valence-electron chi connectivity index (χ0n) is 8.14. The van der Waals surface area contributed by atoms with E-state index in [0.29, 0.717) is 18.8 Å². The summed E-state index contributed by atoms with van der Waals surface area (Å²) in [5, 5.41) is 7.98. The molecule has 2 heterocycles. The van der Waals surface area contributed by atoms with Crippen molar-refractivity contribution in [3.05, 3.63) is 11.1 Å². The Morgan fingerprint density at radius 1 is 1.73 bits per heavy atom. The van der Waals surface area contributed by atoms with Crippen LogP contribution in [0.4, 0.5) is 0 Å². The fourth-order valence-electron chi connectivity index (χ4n) is 1.46. The highest BCUT2D eigenvalue weighted by atomic mass is 32.1. The number of piperazine rings is 1. The van der Waals surface area contributed by atoms with Crippen LogP contribution in [0, 0.1) is 0 Å². The molecule has 1 fully saturated rings. The molecule has 1 aliphatic rings. The molecule has 1 atom stereocenters. The summed E-state index contributed by atoms with van der Waals surface area (Å²) in [7, 11) is 0. The Morgan fingerprint density at radius 3 is 3.20 bits per heavy atom. The maximum atomic E-state index is 11.9. The van der Waals surface area contributed by atoms with Crippen molar-refractivity contribution in [3.63, 3.8) is 0 Å². The standard InChI is InChI=1S/C8H10N4O2S/c1-5-7(13)9-2-3-12(5)8(14)6-4-15-11-10-6/h4-5H,2-3H2,1H3,(H,9,13). The van der Waals surface area contributed by atoms with E-state index in [1.165, 1.54) is 4.90 Å². The van der Waals surface area contributed by atoms with E-state index >= 15 is 0 Å². The molecule has 2 rings (SSSR count). The summed E-state index contributed by atoms with van der Waals surface area (Å²) >= 11 is 1.12. The number of aromatic nitrogens is 2. The first-order valence-corrected chi connectivity index (χ1v) is 5.39. The maximum Gasteiger partial charge on any atom is 0.276 e. The van der Waals surface area contributed by atoms with Gasteiger partial charge in [-0.3, -0.25) is 9.59 Å². The number of nitrogens with one attached hydrogen (secondary N) is 1. The van der Waals surface area contributed by atoms with E-state index < -0.39 is 6.04 Å². The van der Waals surface area contributed by atoms with Crippen LogP contribution in [0.3, 0.4) is 0 Å². The highest BCUT2D eigenvalue weighted by Crippen LogP contribution is 2.09. The molecular formula is C8H10N4O2S. The van der Waals surface area contributed by atoms with Gasteiger partial charge in [-0.05, 0) is 18.5 Å². The van der Waals surface area contributed by atoms with E-state index in [-0.39, 0.29) is 11.8 Å². The first-order valence-electron chi connectivity index (χ1n) is 4.56. The minimum absolute atomic E-state index is 0.127. The Labute approximate surface area is 90.4 Å². The van der Waals surface area contributed by atoms with Crippen LogP contribution in [-0.4, -0.2) is 45.4 Å². The lowest BCUT2D eigenvalue weighted by molar-refractivity contribution is -0.127. The minimum atomic E-state index is -0.437. The Balaban J connectivity index is 2.16. The predicted molar refractivity (Wildman–Crippen MR) is 53.4 cm³/mol. The van der Waals surface area contributed by atoms with Gasteiger partial charge in [-0.2, -0.15) is 0 Å². The fourth-order valence-corrected chi connectivity index (χ4v) is 1.89. The van der Waals surface area contributed by atoms with Crippen LogP contribution >= 0.6 is 11.5 Å². The zero-order chi connectivity index (χ0) is 10.8. The molecule has 1 aromatic rings. The molecule has 1 unspecified atom stereocenters. The van der Waals surface area contributed by atoms with Gasteiger partial charge in [0.05, 0.1) is 0 Å². The molecule has 0 radical (unpaired) electrons. The summed E-state index contributed by atoms with van der Waals surface area (Å²) in [4.78, 5) is 24.7. The molecule has 80 valence electrons. The van der Waals surface area contributed by atoms with E-state index in [1.54, 1.807) is 12.3 Å². The quantitative estimate of drug-likeness (QED) is 0.700. The fraction of sp³-hybridized carbons (Fsp3) is 0.500. The van der Waals surface area contributed by atoms with Gasteiger partial charge in [0.25, 0.3) is 5.91 Å². The monoisotopic (exact) mass is 226 g/mol. The molecule has 15 heavy (non-hydrogen) atoms. The van der Waals surface area contributed by atoms with Gasteiger partial charge in [0, 0.05) is 18.5 Å². The van der Waals surface area contributed by atoms with Crippen LogP contribution in [0.5, 0.6) is 0 Å². The zero-order valence-corrected chi connectivity index (χ0v) is 8.95. The normalized spacial score (nSPS) is 21.3. The molecule has 0 aromatic carbocycles. The summed E-state index contributed by atoms with van der Waals surface area (Å²) in [5.41, 5.74) is 0.307. The van der Waals surface area contributed by atoms with E-state index in [0.717, 1.165) is 11.5 Å². The molecule has 0 aliphatic carbocycles. The molecule has 1 aliphatic heterocycles. The highest BCUT2D eigenvalue weighted by molar-refractivity contribution is 7.03. The van der Waals surface area contributed by atoms with Gasteiger partial charge in [0.2, 0.25) is 5.91 Å². The first-order chi connectivity index (χ1) is 7.20. The summed E-state index contributed by atoms with van der Waals surface area (Å²) in [5.74, 6) is -0.358. The lowest BCUT2D eigenvalue weighted by Gasteiger charge is -2.32. The van der Waals surface area contributed by atoms with Crippen molar-refractivity contribution in [3.8, 4) is 0 Å². The third-order valence-electron chi connectivity index (χ3n) is 2.34. The molecule has 7 heteroatoms. The Kier molecular flexibility index (Phi) is 2.63. The van der Waals surface area contributed by atoms with Crippen LogP contribution in [0.15, 0.2) is 5.38 Å². The number of hydrogen-bond donors (Lipinski definition) is 1. The second-order valence-corrected chi connectivity index (χ2v) is 3.87. The van der Waals surface area contributed by atoms with Crippen LogP contribution in [0.25, 0.3) is 0 Å². The third kappa shape index (κ3) is 1.82. The number of carbonyl (C=O) groups excluding carboxylic acids is 2. The van der Waals surface area contributed by atoms with Crippen LogP contribution in [0.2, 0.25) is 0 Å². The molecular weight excluding hydrogens is 216 g/mol. The van der Waals surface area contributed by atoms with Gasteiger partial charge in [-0.15, -0.1) is 5.10 Å². The lowest BCUT2D eigenvalue weighted by Crippen LogP contribution is -2.55. The summed E-state index contributed by atoms with van der Waals surface area (Å²) in [6.45, 7) is 2.71. The van der Waals surface area contributed by atoms with Crippen molar-refractivity contribution in [1.29, 1.82) is 0 Å². The molecule has 6 nitrogen and oxygen atoms in total. The maximum absolute atomic E-state index is 11.9. The number of carbonyl (C=O) groups is 2. The van der Waals surface area contributed by atoms with Crippen molar-refractivity contribution in [2.75, 3.05) is 13.1 Å². The Bertz CT molecular complexity index is 378. The van der Waals surface area contributed by atoms with Gasteiger partial charge in [0.15, 0.2) is 5.69 Å². The topological polar surface area (TPSA) is 75.2 Å². The van der Waals surface area contributed by atoms with Gasteiger partial charge in [0.1, 0.15) is 6.04 Å². The number of amides is 2. The minimum Gasteiger partial charge on any atom is -0.353 e. The van der Waals surface area contributed by atoms with Gasteiger partial charge >= 0.3 is 0 Å². The molecule has 1 saturated heterocycles. The SMILES string of the molecule is CC1C(=O)NCCN1C(=O)c1csnn1. The summed E-state index contributed by atoms with van der Waals surface area (Å²) in [6.07, 6.45) is 0. The summed E-state index contributed by atoms with van der Waals surface area (Å²) in [6, 6.07) is -0.437. The van der Waals surface area contributed by atoms with Crippen LogP contribution < -0.4 is 5.32 Å². The molecule has 1 aromatic heterocycles. The van der Waals surface area contributed by atoms with Crippen molar-refractivity contribution in [2.24, 2.45) is 0 Å². The molecule has 0 bridgehead atoms. The van der Waals surface area contributed by atoms with Crippen molar-refractivity contribution in [2.45, 2.75) is 13.0 Å². The number of nitrogens with zero attached hydrogens (tertiary/aromatic N) is 3. The second kappa shape index (κ2) is 3.93. The van der Waals surface area contributed by atoms with Crippen LogP contribution in [0.1, 0.15) is 17.4 Å². The van der Waals surface area contributed by atoms with E-state index in [4.69, 9.17) is 0 Å². The van der Waals surface area contributed by atoms with Crippen LogP contribution in [-0.2, 0) is 4.79 Å².